The van der Waals surface area contributed by atoms with Crippen molar-refractivity contribution in [2.45, 2.75) is 31.5 Å². The Morgan fingerprint density at radius 2 is 2.11 bits per heavy atom. The second kappa shape index (κ2) is 3.90. The number of carboxylic acid groups (broad SMARTS) is 1. The molecule has 98 valence electrons. The predicted octanol–water partition coefficient (Wildman–Crippen LogP) is 2.87. The molecule has 0 saturated carbocycles. The molecule has 1 atom stereocenters. The molecule has 0 bridgehead atoms. The number of benzene rings is 1. The molecule has 0 amide bonds. The average molecular weight is 260 g/mol. The number of carbonyl (C=O) groups is 1. The van der Waals surface area contributed by atoms with Gasteiger partial charge >= 0.3 is 12.3 Å². The number of ether oxygens (including phenoxy) is 1. The van der Waals surface area contributed by atoms with Crippen LogP contribution in [0.3, 0.4) is 0 Å². The Morgan fingerprint density at radius 3 is 2.67 bits per heavy atom. The van der Waals surface area contributed by atoms with E-state index in [2.05, 4.69) is 4.74 Å². The number of halogens is 3. The van der Waals surface area contributed by atoms with Gasteiger partial charge < -0.3 is 9.84 Å². The van der Waals surface area contributed by atoms with Gasteiger partial charge in [0.1, 0.15) is 5.75 Å². The molecule has 0 spiro atoms. The van der Waals surface area contributed by atoms with Gasteiger partial charge in [-0.05, 0) is 43.0 Å². The summed E-state index contributed by atoms with van der Waals surface area (Å²) in [6.45, 7) is 1.51. The van der Waals surface area contributed by atoms with Crippen molar-refractivity contribution in [3.8, 4) is 5.75 Å². The summed E-state index contributed by atoms with van der Waals surface area (Å²) in [5, 5.41) is 9.18. The fraction of sp³-hybridized carbons (Fsp3) is 0.417. The highest BCUT2D eigenvalue weighted by Gasteiger charge is 2.42. The highest BCUT2D eigenvalue weighted by Crippen LogP contribution is 2.41. The summed E-state index contributed by atoms with van der Waals surface area (Å²) < 4.78 is 40.1. The third kappa shape index (κ3) is 2.14. The molecule has 1 unspecified atom stereocenters. The van der Waals surface area contributed by atoms with Crippen LogP contribution in [0.1, 0.15) is 24.5 Å². The first kappa shape index (κ1) is 12.7. The number of aryl methyl sites for hydroxylation is 1. The van der Waals surface area contributed by atoms with E-state index in [1.165, 1.54) is 25.1 Å². The van der Waals surface area contributed by atoms with Crippen LogP contribution in [0.25, 0.3) is 0 Å². The van der Waals surface area contributed by atoms with Gasteiger partial charge in [-0.2, -0.15) is 0 Å². The van der Waals surface area contributed by atoms with E-state index in [4.69, 9.17) is 0 Å². The van der Waals surface area contributed by atoms with E-state index in [1.54, 1.807) is 0 Å². The van der Waals surface area contributed by atoms with Gasteiger partial charge in [0, 0.05) is 0 Å². The van der Waals surface area contributed by atoms with E-state index >= 15 is 0 Å². The highest BCUT2D eigenvalue weighted by atomic mass is 19.4. The lowest BCUT2D eigenvalue weighted by Gasteiger charge is -2.20. The summed E-state index contributed by atoms with van der Waals surface area (Å²) in [5.41, 5.74) is 0.0199. The maximum absolute atomic E-state index is 12.1. The fourth-order valence-electron chi connectivity index (χ4n) is 2.23. The zero-order chi connectivity index (χ0) is 13.6. The molecule has 1 aromatic rings. The number of carboxylic acids is 1. The van der Waals surface area contributed by atoms with E-state index in [1.807, 2.05) is 0 Å². The van der Waals surface area contributed by atoms with E-state index in [0.29, 0.717) is 18.4 Å². The zero-order valence-corrected chi connectivity index (χ0v) is 9.54. The van der Waals surface area contributed by atoms with Gasteiger partial charge in [0.15, 0.2) is 0 Å². The van der Waals surface area contributed by atoms with E-state index in [-0.39, 0.29) is 5.75 Å². The van der Waals surface area contributed by atoms with Gasteiger partial charge in [0.05, 0.1) is 5.41 Å². The molecule has 1 aromatic carbocycles. The summed E-state index contributed by atoms with van der Waals surface area (Å²) >= 11 is 0. The maximum atomic E-state index is 12.1. The van der Waals surface area contributed by atoms with Crippen LogP contribution in [0.4, 0.5) is 13.2 Å². The predicted molar refractivity (Wildman–Crippen MR) is 56.4 cm³/mol. The monoisotopic (exact) mass is 260 g/mol. The zero-order valence-electron chi connectivity index (χ0n) is 9.54. The lowest BCUT2D eigenvalue weighted by Crippen LogP contribution is -2.29. The lowest BCUT2D eigenvalue weighted by atomic mass is 9.84. The molecular formula is C12H11F3O3. The van der Waals surface area contributed by atoms with Gasteiger partial charge in [-0.25, -0.2) is 0 Å². The number of hydrogen-bond donors (Lipinski definition) is 1. The number of hydrogen-bond acceptors (Lipinski definition) is 2. The fourth-order valence-corrected chi connectivity index (χ4v) is 2.23. The Labute approximate surface area is 101 Å². The largest absolute Gasteiger partial charge is 0.573 e. The highest BCUT2D eigenvalue weighted by molar-refractivity contribution is 5.82. The molecule has 18 heavy (non-hydrogen) atoms. The summed E-state index contributed by atoms with van der Waals surface area (Å²) in [4.78, 5) is 11.2. The number of rotatable bonds is 2. The maximum Gasteiger partial charge on any atom is 0.573 e. The summed E-state index contributed by atoms with van der Waals surface area (Å²) in [6, 6.07) is 3.87. The first-order chi connectivity index (χ1) is 8.22. The minimum absolute atomic E-state index is 0.379. The van der Waals surface area contributed by atoms with Gasteiger partial charge in [0.25, 0.3) is 0 Å². The van der Waals surface area contributed by atoms with Crippen molar-refractivity contribution in [1.82, 2.24) is 0 Å². The minimum Gasteiger partial charge on any atom is -0.481 e. The second-order valence-electron chi connectivity index (χ2n) is 4.50. The van der Waals surface area contributed by atoms with E-state index < -0.39 is 17.7 Å². The smallest absolute Gasteiger partial charge is 0.481 e. The van der Waals surface area contributed by atoms with Crippen molar-refractivity contribution in [2.75, 3.05) is 0 Å². The van der Waals surface area contributed by atoms with Crippen LogP contribution in [-0.4, -0.2) is 17.4 Å². The molecular weight excluding hydrogens is 249 g/mol. The van der Waals surface area contributed by atoms with Gasteiger partial charge in [-0.15, -0.1) is 13.2 Å². The molecule has 0 fully saturated rings. The molecule has 0 aliphatic heterocycles. The Balaban J connectivity index is 2.40. The standard InChI is InChI=1S/C12H11F3O3/c1-11(10(16)17)5-4-7-2-3-8(6-9(7)11)18-12(13,14)15/h2-3,6H,4-5H2,1H3,(H,16,17). The van der Waals surface area contributed by atoms with Crippen molar-refractivity contribution < 1.29 is 27.8 Å². The molecule has 0 saturated heterocycles. The SMILES string of the molecule is CC1(C(=O)O)CCc2ccc(OC(F)(F)F)cc21. The number of alkyl halides is 3. The molecule has 0 heterocycles. The van der Waals surface area contributed by atoms with Crippen molar-refractivity contribution in [2.24, 2.45) is 0 Å². The van der Waals surface area contributed by atoms with Crippen LogP contribution < -0.4 is 4.74 Å². The topological polar surface area (TPSA) is 46.5 Å². The summed E-state index contributed by atoms with van der Waals surface area (Å²) in [5.74, 6) is -1.42. The molecule has 6 heteroatoms. The Kier molecular flexibility index (Phi) is 2.76. The van der Waals surface area contributed by atoms with Crippen LogP contribution in [0.2, 0.25) is 0 Å². The molecule has 2 rings (SSSR count). The molecule has 1 N–H and O–H groups in total. The van der Waals surface area contributed by atoms with Crippen molar-refractivity contribution in [3.63, 3.8) is 0 Å². The van der Waals surface area contributed by atoms with Crippen LogP contribution >= 0.6 is 0 Å². The number of fused-ring (bicyclic) bond motifs is 1. The van der Waals surface area contributed by atoms with E-state index in [9.17, 15) is 23.1 Å². The van der Waals surface area contributed by atoms with Crippen molar-refractivity contribution in [3.05, 3.63) is 29.3 Å². The average Bonchev–Trinajstić information content (AvgIpc) is 2.56. The first-order valence-electron chi connectivity index (χ1n) is 5.35. The summed E-state index contributed by atoms with van der Waals surface area (Å²) in [6.07, 6.45) is -3.84. The first-order valence-corrected chi connectivity index (χ1v) is 5.35. The molecule has 0 aromatic heterocycles. The Bertz CT molecular complexity index is 496. The minimum atomic E-state index is -4.77. The van der Waals surface area contributed by atoms with Crippen molar-refractivity contribution >= 4 is 5.97 Å². The number of aliphatic carboxylic acids is 1. The van der Waals surface area contributed by atoms with Crippen LogP contribution in [0.5, 0.6) is 5.75 Å². The molecule has 3 nitrogen and oxygen atoms in total. The summed E-state index contributed by atoms with van der Waals surface area (Å²) in [7, 11) is 0. The van der Waals surface area contributed by atoms with E-state index in [0.717, 1.165) is 5.56 Å². The Morgan fingerprint density at radius 1 is 1.44 bits per heavy atom. The van der Waals surface area contributed by atoms with Gasteiger partial charge in [0.2, 0.25) is 0 Å². The van der Waals surface area contributed by atoms with Crippen molar-refractivity contribution in [1.29, 1.82) is 0 Å². The van der Waals surface area contributed by atoms with Gasteiger partial charge in [-0.3, -0.25) is 4.79 Å². The quantitative estimate of drug-likeness (QED) is 0.889. The van der Waals surface area contributed by atoms with Crippen LogP contribution in [-0.2, 0) is 16.6 Å². The Hall–Kier alpha value is -1.72. The van der Waals surface area contributed by atoms with Gasteiger partial charge in [-0.1, -0.05) is 6.07 Å². The molecule has 1 aliphatic carbocycles. The molecule has 0 radical (unpaired) electrons. The lowest BCUT2D eigenvalue weighted by molar-refractivity contribution is -0.274. The normalized spacial score (nSPS) is 22.7. The third-order valence-corrected chi connectivity index (χ3v) is 3.28. The second-order valence-corrected chi connectivity index (χ2v) is 4.50. The third-order valence-electron chi connectivity index (χ3n) is 3.28. The van der Waals surface area contributed by atoms with Crippen LogP contribution in [0.15, 0.2) is 18.2 Å². The van der Waals surface area contributed by atoms with Crippen LogP contribution in [0, 0.1) is 0 Å². The molecule has 1 aliphatic rings.